The molecule has 0 radical (unpaired) electrons. The molecule has 6 heteroatoms. The molecule has 0 aromatic rings. The average Bonchev–Trinajstić information content (AvgIpc) is 2.00. The fraction of sp³-hybridized carbons (Fsp3) is 0.625. The molecule has 3 nitrogen and oxygen atoms in total. The standard InChI is InChI=1S/C8H13F2O3P/c1-4-13-14(11,12)8(9,10)6-5-7(2)3/h6H,4H2,1-3H3,(H,11,12). The van der Waals surface area contributed by atoms with Crippen molar-refractivity contribution in [3.8, 4) is 0 Å². The third-order valence-corrected chi connectivity index (χ3v) is 2.71. The van der Waals surface area contributed by atoms with Gasteiger partial charge in [-0.2, -0.15) is 8.78 Å². The van der Waals surface area contributed by atoms with Gasteiger partial charge in [-0.3, -0.25) is 4.57 Å². The summed E-state index contributed by atoms with van der Waals surface area (Å²) in [5, 5.41) is 0. The van der Waals surface area contributed by atoms with E-state index in [1.54, 1.807) is 13.8 Å². The van der Waals surface area contributed by atoms with E-state index >= 15 is 0 Å². The van der Waals surface area contributed by atoms with Crippen LogP contribution in [0.3, 0.4) is 0 Å². The Morgan fingerprint density at radius 1 is 1.64 bits per heavy atom. The summed E-state index contributed by atoms with van der Waals surface area (Å²) in [4.78, 5) is 8.86. The summed E-state index contributed by atoms with van der Waals surface area (Å²) in [6.07, 6.45) is 0.263. The van der Waals surface area contributed by atoms with Gasteiger partial charge in [0, 0.05) is 6.08 Å². The molecular weight excluding hydrogens is 213 g/mol. The highest BCUT2D eigenvalue weighted by atomic mass is 31.2. The van der Waals surface area contributed by atoms with E-state index in [-0.39, 0.29) is 12.7 Å². The maximum atomic E-state index is 13.0. The van der Waals surface area contributed by atoms with E-state index in [1.165, 1.54) is 6.92 Å². The summed E-state index contributed by atoms with van der Waals surface area (Å²) < 4.78 is 41.0. The summed E-state index contributed by atoms with van der Waals surface area (Å²) >= 11 is 0. The minimum Gasteiger partial charge on any atom is -0.320 e. The van der Waals surface area contributed by atoms with Crippen LogP contribution in [0.15, 0.2) is 17.4 Å². The Hall–Kier alpha value is -0.470. The molecule has 1 N–H and O–H groups in total. The molecule has 0 heterocycles. The van der Waals surface area contributed by atoms with Crippen molar-refractivity contribution in [1.82, 2.24) is 0 Å². The fourth-order valence-corrected chi connectivity index (χ4v) is 1.32. The Morgan fingerprint density at radius 2 is 2.14 bits per heavy atom. The molecule has 0 saturated carbocycles. The van der Waals surface area contributed by atoms with E-state index in [9.17, 15) is 13.3 Å². The van der Waals surface area contributed by atoms with Gasteiger partial charge in [0.25, 0.3) is 0 Å². The molecule has 0 aromatic heterocycles. The van der Waals surface area contributed by atoms with E-state index in [2.05, 4.69) is 10.3 Å². The molecule has 82 valence electrons. The highest BCUT2D eigenvalue weighted by Gasteiger charge is 2.48. The van der Waals surface area contributed by atoms with E-state index in [0.717, 1.165) is 0 Å². The summed E-state index contributed by atoms with van der Waals surface area (Å²) in [5.41, 5.74) is -1.22. The van der Waals surface area contributed by atoms with Gasteiger partial charge in [-0.1, -0.05) is 0 Å². The first-order valence-corrected chi connectivity index (χ1v) is 5.57. The number of halogens is 2. The average molecular weight is 226 g/mol. The number of allylic oxidation sites excluding steroid dienone is 1. The molecule has 0 spiro atoms. The van der Waals surface area contributed by atoms with Crippen LogP contribution in [0.1, 0.15) is 20.8 Å². The van der Waals surface area contributed by atoms with Crippen LogP contribution in [0.25, 0.3) is 0 Å². The Balaban J connectivity index is 4.96. The molecule has 0 fully saturated rings. The second-order valence-corrected chi connectivity index (χ2v) is 4.71. The molecule has 0 aliphatic carbocycles. The van der Waals surface area contributed by atoms with Gasteiger partial charge < -0.3 is 9.42 Å². The first-order valence-electron chi connectivity index (χ1n) is 3.99. The van der Waals surface area contributed by atoms with Gasteiger partial charge >= 0.3 is 13.3 Å². The topological polar surface area (TPSA) is 46.5 Å². The van der Waals surface area contributed by atoms with Gasteiger partial charge in [-0.25, -0.2) is 0 Å². The van der Waals surface area contributed by atoms with Gasteiger partial charge in [0.2, 0.25) is 0 Å². The molecule has 0 saturated heterocycles. The van der Waals surface area contributed by atoms with Crippen molar-refractivity contribution in [2.45, 2.75) is 26.4 Å². The zero-order chi connectivity index (χ0) is 11.4. The van der Waals surface area contributed by atoms with Crippen molar-refractivity contribution in [3.05, 3.63) is 17.4 Å². The SMILES string of the molecule is CCOP(=O)(O)C(F)(F)C=C=C(C)C. The molecule has 0 aliphatic rings. The Labute approximate surface area is 81.6 Å². The lowest BCUT2D eigenvalue weighted by atomic mass is 10.4. The highest BCUT2D eigenvalue weighted by Crippen LogP contribution is 2.57. The number of hydrogen-bond acceptors (Lipinski definition) is 2. The zero-order valence-electron chi connectivity index (χ0n) is 8.25. The number of rotatable bonds is 4. The summed E-state index contributed by atoms with van der Waals surface area (Å²) in [5.74, 6) is 0. The van der Waals surface area contributed by atoms with Crippen LogP contribution in [-0.2, 0) is 9.09 Å². The number of hydrogen-bond donors (Lipinski definition) is 1. The second-order valence-electron chi connectivity index (χ2n) is 2.81. The molecule has 14 heavy (non-hydrogen) atoms. The molecule has 0 bridgehead atoms. The minimum atomic E-state index is -4.92. The lowest BCUT2D eigenvalue weighted by Crippen LogP contribution is -2.14. The predicted octanol–water partition coefficient (Wildman–Crippen LogP) is 2.92. The van der Waals surface area contributed by atoms with Crippen LogP contribution in [-0.4, -0.2) is 17.2 Å². The Bertz CT molecular complexity index is 302. The normalized spacial score (nSPS) is 15.6. The van der Waals surface area contributed by atoms with Crippen LogP contribution in [0.4, 0.5) is 8.78 Å². The monoisotopic (exact) mass is 226 g/mol. The predicted molar refractivity (Wildman–Crippen MR) is 49.3 cm³/mol. The molecule has 1 atom stereocenters. The van der Waals surface area contributed by atoms with Gasteiger partial charge in [0.15, 0.2) is 0 Å². The van der Waals surface area contributed by atoms with Gasteiger partial charge in [0.05, 0.1) is 6.61 Å². The summed E-state index contributed by atoms with van der Waals surface area (Å²) in [7, 11) is -4.92. The van der Waals surface area contributed by atoms with Crippen molar-refractivity contribution in [2.24, 2.45) is 0 Å². The third kappa shape index (κ3) is 3.72. The van der Waals surface area contributed by atoms with E-state index in [1.807, 2.05) is 0 Å². The quantitative estimate of drug-likeness (QED) is 0.592. The van der Waals surface area contributed by atoms with Crippen LogP contribution in [0.5, 0.6) is 0 Å². The van der Waals surface area contributed by atoms with Crippen LogP contribution in [0.2, 0.25) is 0 Å². The third-order valence-electron chi connectivity index (χ3n) is 1.22. The van der Waals surface area contributed by atoms with E-state index < -0.39 is 13.3 Å². The molecule has 0 amide bonds. The smallest absolute Gasteiger partial charge is 0.320 e. The fourth-order valence-electron chi connectivity index (χ4n) is 0.574. The van der Waals surface area contributed by atoms with E-state index in [0.29, 0.717) is 5.57 Å². The lowest BCUT2D eigenvalue weighted by Gasteiger charge is -2.17. The van der Waals surface area contributed by atoms with Crippen LogP contribution >= 0.6 is 7.60 Å². The van der Waals surface area contributed by atoms with Gasteiger partial charge in [0.1, 0.15) is 0 Å². The maximum absolute atomic E-state index is 13.0. The van der Waals surface area contributed by atoms with Crippen molar-refractivity contribution >= 4 is 7.60 Å². The largest absolute Gasteiger partial charge is 0.401 e. The molecule has 0 aromatic carbocycles. The van der Waals surface area contributed by atoms with Crippen molar-refractivity contribution in [2.75, 3.05) is 6.61 Å². The Morgan fingerprint density at radius 3 is 2.50 bits per heavy atom. The summed E-state index contributed by atoms with van der Waals surface area (Å²) in [6.45, 7) is 4.22. The first-order chi connectivity index (χ1) is 6.23. The van der Waals surface area contributed by atoms with Gasteiger partial charge in [-0.15, -0.1) is 5.73 Å². The van der Waals surface area contributed by atoms with Crippen molar-refractivity contribution in [3.63, 3.8) is 0 Å². The number of alkyl halides is 2. The molecule has 0 rings (SSSR count). The van der Waals surface area contributed by atoms with Crippen molar-refractivity contribution in [1.29, 1.82) is 0 Å². The van der Waals surface area contributed by atoms with E-state index in [4.69, 9.17) is 4.89 Å². The molecule has 1 unspecified atom stereocenters. The van der Waals surface area contributed by atoms with Crippen LogP contribution in [0, 0.1) is 0 Å². The van der Waals surface area contributed by atoms with Gasteiger partial charge in [-0.05, 0) is 26.3 Å². The zero-order valence-corrected chi connectivity index (χ0v) is 9.15. The molecule has 0 aliphatic heterocycles. The maximum Gasteiger partial charge on any atom is 0.401 e. The minimum absolute atomic E-state index is 0.244. The lowest BCUT2D eigenvalue weighted by molar-refractivity contribution is 0.0943. The van der Waals surface area contributed by atoms with Crippen molar-refractivity contribution < 1.29 is 22.8 Å². The van der Waals surface area contributed by atoms with Crippen LogP contribution < -0.4 is 0 Å². The second kappa shape index (κ2) is 4.85. The first kappa shape index (κ1) is 13.5. The molecular formula is C8H13F2O3P. The summed E-state index contributed by atoms with van der Waals surface area (Å²) in [6, 6.07) is 0. The highest BCUT2D eigenvalue weighted by molar-refractivity contribution is 7.54. The Kier molecular flexibility index (Phi) is 4.69.